The number of thiophene rings is 1. The van der Waals surface area contributed by atoms with Gasteiger partial charge in [-0.15, -0.1) is 21.5 Å². The van der Waals surface area contributed by atoms with Crippen molar-refractivity contribution in [1.29, 1.82) is 0 Å². The van der Waals surface area contributed by atoms with Crippen LogP contribution in [-0.4, -0.2) is 29.0 Å². The van der Waals surface area contributed by atoms with Crippen molar-refractivity contribution in [3.05, 3.63) is 39.7 Å². The van der Waals surface area contributed by atoms with Gasteiger partial charge in [-0.2, -0.15) is 0 Å². The number of carbonyl (C=O) groups excluding carboxylic acids is 1. The number of rotatable bonds is 6. The number of carbonyl (C=O) groups is 1. The third kappa shape index (κ3) is 4.66. The second-order valence-corrected chi connectivity index (χ2v) is 7.74. The Bertz CT molecular complexity index is 898. The molecule has 0 saturated heterocycles. The Morgan fingerprint density at radius 3 is 2.88 bits per heavy atom. The summed E-state index contributed by atoms with van der Waals surface area (Å²) in [6, 6.07) is 8.54. The molecule has 0 bridgehead atoms. The van der Waals surface area contributed by atoms with Gasteiger partial charge in [-0.3, -0.25) is 4.79 Å². The molecule has 3 aromatic rings. The van der Waals surface area contributed by atoms with Gasteiger partial charge in [-0.25, -0.2) is 0 Å². The van der Waals surface area contributed by atoms with Gasteiger partial charge in [0.25, 0.3) is 11.1 Å². The zero-order valence-corrected chi connectivity index (χ0v) is 15.9. The van der Waals surface area contributed by atoms with Crippen molar-refractivity contribution in [2.24, 2.45) is 0 Å². The van der Waals surface area contributed by atoms with Crippen LogP contribution >= 0.6 is 46.3 Å². The summed E-state index contributed by atoms with van der Waals surface area (Å²) in [7, 11) is 1.52. The Balaban J connectivity index is 1.60. The van der Waals surface area contributed by atoms with Crippen LogP contribution in [0.4, 0.5) is 5.69 Å². The Hall–Kier alpha value is -1.74. The van der Waals surface area contributed by atoms with Crippen LogP contribution in [0.1, 0.15) is 0 Å². The molecule has 0 fully saturated rings. The number of nitrogens with zero attached hydrogens (tertiary/aromatic N) is 2. The van der Waals surface area contributed by atoms with E-state index in [1.54, 1.807) is 30.3 Å². The Labute approximate surface area is 161 Å². The number of amides is 1. The van der Waals surface area contributed by atoms with E-state index in [1.807, 2.05) is 0 Å². The number of anilines is 1. The fourth-order valence-electron chi connectivity index (χ4n) is 1.89. The van der Waals surface area contributed by atoms with Crippen LogP contribution < -0.4 is 10.1 Å². The number of halogens is 2. The largest absolute Gasteiger partial charge is 0.495 e. The number of hydrogen-bond donors (Lipinski definition) is 1. The zero-order chi connectivity index (χ0) is 17.8. The van der Waals surface area contributed by atoms with Gasteiger partial charge in [0.05, 0.1) is 27.8 Å². The fraction of sp³-hybridized carbons (Fsp3) is 0.133. The van der Waals surface area contributed by atoms with E-state index < -0.39 is 0 Å². The third-order valence-electron chi connectivity index (χ3n) is 2.95. The molecule has 25 heavy (non-hydrogen) atoms. The topological polar surface area (TPSA) is 77.2 Å². The van der Waals surface area contributed by atoms with Crippen LogP contribution in [0.3, 0.4) is 0 Å². The molecule has 0 aliphatic heterocycles. The highest BCUT2D eigenvalue weighted by atomic mass is 35.5. The Morgan fingerprint density at radius 1 is 1.32 bits per heavy atom. The molecule has 0 saturated carbocycles. The van der Waals surface area contributed by atoms with Gasteiger partial charge < -0.3 is 14.5 Å². The number of aromatic nitrogens is 2. The summed E-state index contributed by atoms with van der Waals surface area (Å²) in [4.78, 5) is 12.9. The monoisotopic (exact) mass is 415 g/mol. The summed E-state index contributed by atoms with van der Waals surface area (Å²) < 4.78 is 11.3. The summed E-state index contributed by atoms with van der Waals surface area (Å²) in [6.07, 6.45) is 0. The van der Waals surface area contributed by atoms with Crippen molar-refractivity contribution in [3.63, 3.8) is 0 Å². The number of benzene rings is 1. The van der Waals surface area contributed by atoms with E-state index in [-0.39, 0.29) is 11.7 Å². The van der Waals surface area contributed by atoms with E-state index in [0.29, 0.717) is 31.9 Å². The molecule has 130 valence electrons. The predicted octanol–water partition coefficient (Wildman–Crippen LogP) is 4.84. The second-order valence-electron chi connectivity index (χ2n) is 4.66. The molecule has 0 atom stereocenters. The standard InChI is InChI=1S/C15H11Cl2N3O3S2/c1-22-10-3-2-8(16)6-9(10)18-13(21)7-24-15-20-19-14(23-15)11-4-5-12(17)25-11/h2-6H,7H2,1H3,(H,18,21). The molecule has 3 rings (SSSR count). The average Bonchev–Trinajstić information content (AvgIpc) is 3.22. The van der Waals surface area contributed by atoms with Gasteiger partial charge in [0.15, 0.2) is 0 Å². The number of hydrogen-bond acceptors (Lipinski definition) is 7. The lowest BCUT2D eigenvalue weighted by Gasteiger charge is -2.09. The van der Waals surface area contributed by atoms with E-state index in [9.17, 15) is 4.79 Å². The van der Waals surface area contributed by atoms with Crippen molar-refractivity contribution >= 4 is 57.9 Å². The van der Waals surface area contributed by atoms with Crippen LogP contribution in [0.15, 0.2) is 40.0 Å². The molecule has 0 aliphatic carbocycles. The molecule has 0 spiro atoms. The molecule has 1 N–H and O–H groups in total. The van der Waals surface area contributed by atoms with Gasteiger partial charge >= 0.3 is 0 Å². The highest BCUT2D eigenvalue weighted by molar-refractivity contribution is 7.99. The van der Waals surface area contributed by atoms with Crippen molar-refractivity contribution < 1.29 is 13.9 Å². The Morgan fingerprint density at radius 2 is 2.16 bits per heavy atom. The predicted molar refractivity (Wildman–Crippen MR) is 100.0 cm³/mol. The van der Waals surface area contributed by atoms with Gasteiger partial charge in [0.1, 0.15) is 5.75 Å². The van der Waals surface area contributed by atoms with Crippen molar-refractivity contribution in [1.82, 2.24) is 10.2 Å². The quantitative estimate of drug-likeness (QED) is 0.580. The van der Waals surface area contributed by atoms with E-state index in [4.69, 9.17) is 32.4 Å². The van der Waals surface area contributed by atoms with Gasteiger partial charge in [0, 0.05) is 5.02 Å². The molecule has 2 aromatic heterocycles. The minimum atomic E-state index is -0.246. The summed E-state index contributed by atoms with van der Waals surface area (Å²) >= 11 is 14.3. The molecular formula is C15H11Cl2N3O3S2. The maximum Gasteiger partial charge on any atom is 0.277 e. The third-order valence-corrected chi connectivity index (χ3v) is 5.23. The molecule has 10 heteroatoms. The smallest absolute Gasteiger partial charge is 0.277 e. The van der Waals surface area contributed by atoms with Crippen LogP contribution in [0.5, 0.6) is 5.75 Å². The second kappa shape index (κ2) is 8.09. The van der Waals surface area contributed by atoms with E-state index in [2.05, 4.69) is 15.5 Å². The van der Waals surface area contributed by atoms with Crippen molar-refractivity contribution in [2.45, 2.75) is 5.22 Å². The normalized spacial score (nSPS) is 10.7. The first-order valence-corrected chi connectivity index (χ1v) is 9.46. The lowest BCUT2D eigenvalue weighted by Crippen LogP contribution is -2.14. The minimum Gasteiger partial charge on any atom is -0.495 e. The zero-order valence-electron chi connectivity index (χ0n) is 12.8. The maximum atomic E-state index is 12.1. The maximum absolute atomic E-state index is 12.1. The van der Waals surface area contributed by atoms with E-state index in [0.717, 1.165) is 16.6 Å². The fourth-order valence-corrected chi connectivity index (χ4v) is 3.59. The first-order valence-electron chi connectivity index (χ1n) is 6.90. The van der Waals surface area contributed by atoms with Crippen LogP contribution in [-0.2, 0) is 4.79 Å². The molecule has 1 amide bonds. The summed E-state index contributed by atoms with van der Waals surface area (Å²) in [5.41, 5.74) is 0.500. The number of nitrogens with one attached hydrogen (secondary N) is 1. The first kappa shape index (κ1) is 18.1. The SMILES string of the molecule is COc1ccc(Cl)cc1NC(=O)CSc1nnc(-c2ccc(Cl)s2)o1. The molecular weight excluding hydrogens is 405 g/mol. The van der Waals surface area contributed by atoms with Gasteiger partial charge in [-0.1, -0.05) is 35.0 Å². The number of thioether (sulfide) groups is 1. The molecule has 0 unspecified atom stereocenters. The van der Waals surface area contributed by atoms with Crippen LogP contribution in [0, 0.1) is 0 Å². The average molecular weight is 416 g/mol. The van der Waals surface area contributed by atoms with E-state index in [1.165, 1.54) is 18.4 Å². The Kier molecular flexibility index (Phi) is 5.85. The highest BCUT2D eigenvalue weighted by Crippen LogP contribution is 2.32. The van der Waals surface area contributed by atoms with Crippen LogP contribution in [0.25, 0.3) is 10.8 Å². The van der Waals surface area contributed by atoms with Crippen molar-refractivity contribution in [2.75, 3.05) is 18.2 Å². The summed E-state index contributed by atoms with van der Waals surface area (Å²) in [5.74, 6) is 0.751. The molecule has 0 radical (unpaired) electrons. The number of methoxy groups -OCH3 is 1. The minimum absolute atomic E-state index is 0.0997. The van der Waals surface area contributed by atoms with Gasteiger partial charge in [0.2, 0.25) is 5.91 Å². The molecule has 0 aliphatic rings. The summed E-state index contributed by atoms with van der Waals surface area (Å²) in [5, 5.41) is 11.4. The summed E-state index contributed by atoms with van der Waals surface area (Å²) in [6.45, 7) is 0. The molecule has 2 heterocycles. The van der Waals surface area contributed by atoms with Gasteiger partial charge in [-0.05, 0) is 30.3 Å². The van der Waals surface area contributed by atoms with Crippen molar-refractivity contribution in [3.8, 4) is 16.5 Å². The lowest BCUT2D eigenvalue weighted by molar-refractivity contribution is -0.113. The lowest BCUT2D eigenvalue weighted by atomic mass is 10.3. The molecule has 1 aromatic carbocycles. The van der Waals surface area contributed by atoms with Crippen LogP contribution in [0.2, 0.25) is 9.36 Å². The van der Waals surface area contributed by atoms with E-state index >= 15 is 0 Å². The first-order chi connectivity index (χ1) is 12.0. The highest BCUT2D eigenvalue weighted by Gasteiger charge is 2.14. The molecule has 6 nitrogen and oxygen atoms in total. The number of ether oxygens (including phenoxy) is 1.